The maximum absolute atomic E-state index is 6.31. The van der Waals surface area contributed by atoms with Gasteiger partial charge < -0.3 is 10.5 Å². The molecule has 0 amide bonds. The van der Waals surface area contributed by atoms with Crippen LogP contribution in [-0.2, 0) is 4.74 Å². The van der Waals surface area contributed by atoms with Crippen molar-refractivity contribution >= 4 is 0 Å². The van der Waals surface area contributed by atoms with Gasteiger partial charge in [-0.1, -0.05) is 18.2 Å². The van der Waals surface area contributed by atoms with Crippen LogP contribution >= 0.6 is 0 Å². The van der Waals surface area contributed by atoms with Crippen LogP contribution in [0.3, 0.4) is 0 Å². The van der Waals surface area contributed by atoms with E-state index in [1.165, 1.54) is 16.7 Å². The first kappa shape index (κ1) is 13.5. The van der Waals surface area contributed by atoms with Gasteiger partial charge >= 0.3 is 0 Å². The molecule has 0 aliphatic carbocycles. The van der Waals surface area contributed by atoms with Crippen molar-refractivity contribution in [1.29, 1.82) is 0 Å². The standard InChI is InChI=1S/C15H24N2O/c1-11-4-5-14(8-12(11)2)15(16)10-17-6-7-18-13(3)9-17/h4-5,8,13,15H,6-7,9-10,16H2,1-3H3. The van der Waals surface area contributed by atoms with Crippen LogP contribution in [0, 0.1) is 13.8 Å². The second-order valence-electron chi connectivity index (χ2n) is 5.39. The van der Waals surface area contributed by atoms with Crippen molar-refractivity contribution in [2.75, 3.05) is 26.2 Å². The number of morpholine rings is 1. The average molecular weight is 248 g/mol. The Morgan fingerprint density at radius 2 is 2.17 bits per heavy atom. The summed E-state index contributed by atoms with van der Waals surface area (Å²) in [7, 11) is 0. The van der Waals surface area contributed by atoms with Gasteiger partial charge in [-0.3, -0.25) is 4.90 Å². The molecule has 2 rings (SSSR count). The minimum Gasteiger partial charge on any atom is -0.376 e. The maximum Gasteiger partial charge on any atom is 0.0674 e. The minimum absolute atomic E-state index is 0.0922. The fraction of sp³-hybridized carbons (Fsp3) is 0.600. The largest absolute Gasteiger partial charge is 0.376 e. The summed E-state index contributed by atoms with van der Waals surface area (Å²) in [6.45, 7) is 10.1. The van der Waals surface area contributed by atoms with Gasteiger partial charge in [-0.25, -0.2) is 0 Å². The number of nitrogens with zero attached hydrogens (tertiary/aromatic N) is 1. The van der Waals surface area contributed by atoms with Crippen LogP contribution in [0.4, 0.5) is 0 Å². The van der Waals surface area contributed by atoms with E-state index >= 15 is 0 Å². The molecule has 0 radical (unpaired) electrons. The quantitative estimate of drug-likeness (QED) is 0.889. The molecule has 18 heavy (non-hydrogen) atoms. The zero-order valence-corrected chi connectivity index (χ0v) is 11.6. The van der Waals surface area contributed by atoms with Gasteiger partial charge in [-0.05, 0) is 37.5 Å². The Morgan fingerprint density at radius 1 is 1.39 bits per heavy atom. The summed E-state index contributed by atoms with van der Waals surface area (Å²) in [4.78, 5) is 2.40. The third-order valence-electron chi connectivity index (χ3n) is 3.74. The molecule has 2 N–H and O–H groups in total. The smallest absolute Gasteiger partial charge is 0.0674 e. The second kappa shape index (κ2) is 5.83. The maximum atomic E-state index is 6.31. The van der Waals surface area contributed by atoms with Crippen LogP contribution in [0.2, 0.25) is 0 Å². The lowest BCUT2D eigenvalue weighted by Crippen LogP contribution is -2.44. The molecule has 0 bridgehead atoms. The van der Waals surface area contributed by atoms with Crippen molar-refractivity contribution < 1.29 is 4.74 Å². The number of ether oxygens (including phenoxy) is 1. The van der Waals surface area contributed by atoms with Gasteiger partial charge in [-0.2, -0.15) is 0 Å². The van der Waals surface area contributed by atoms with E-state index in [1.807, 2.05) is 0 Å². The Kier molecular flexibility index (Phi) is 4.38. The highest BCUT2D eigenvalue weighted by Crippen LogP contribution is 2.17. The van der Waals surface area contributed by atoms with Crippen LogP contribution < -0.4 is 5.73 Å². The van der Waals surface area contributed by atoms with E-state index in [-0.39, 0.29) is 6.04 Å². The number of rotatable bonds is 3. The van der Waals surface area contributed by atoms with Crippen molar-refractivity contribution in [2.45, 2.75) is 32.9 Å². The summed E-state index contributed by atoms with van der Waals surface area (Å²) < 4.78 is 5.55. The molecule has 1 aromatic rings. The van der Waals surface area contributed by atoms with E-state index in [9.17, 15) is 0 Å². The number of hydrogen-bond acceptors (Lipinski definition) is 3. The molecule has 100 valence electrons. The molecule has 1 aromatic carbocycles. The topological polar surface area (TPSA) is 38.5 Å². The summed E-state index contributed by atoms with van der Waals surface area (Å²) in [6.07, 6.45) is 0.325. The molecule has 0 saturated carbocycles. The van der Waals surface area contributed by atoms with Crippen molar-refractivity contribution in [1.82, 2.24) is 4.90 Å². The number of aryl methyl sites for hydroxylation is 2. The van der Waals surface area contributed by atoms with Crippen LogP contribution in [0.25, 0.3) is 0 Å². The van der Waals surface area contributed by atoms with Crippen molar-refractivity contribution in [3.63, 3.8) is 0 Å². The first-order valence-corrected chi connectivity index (χ1v) is 6.73. The lowest BCUT2D eigenvalue weighted by atomic mass is 10.0. The van der Waals surface area contributed by atoms with E-state index in [4.69, 9.17) is 10.5 Å². The van der Waals surface area contributed by atoms with Gasteiger partial charge in [0.25, 0.3) is 0 Å². The highest BCUT2D eigenvalue weighted by atomic mass is 16.5. The molecule has 1 aliphatic heterocycles. The van der Waals surface area contributed by atoms with Gasteiger partial charge in [0.1, 0.15) is 0 Å². The predicted molar refractivity (Wildman–Crippen MR) is 74.7 cm³/mol. The lowest BCUT2D eigenvalue weighted by Gasteiger charge is -2.32. The third-order valence-corrected chi connectivity index (χ3v) is 3.74. The summed E-state index contributed by atoms with van der Waals surface area (Å²) in [5.74, 6) is 0. The number of hydrogen-bond donors (Lipinski definition) is 1. The zero-order chi connectivity index (χ0) is 13.1. The Labute approximate surface area is 110 Å². The van der Waals surface area contributed by atoms with Crippen molar-refractivity contribution in [3.05, 3.63) is 34.9 Å². The summed E-state index contributed by atoms with van der Waals surface area (Å²) in [6, 6.07) is 6.61. The van der Waals surface area contributed by atoms with Gasteiger partial charge in [0.2, 0.25) is 0 Å². The molecule has 1 fully saturated rings. The van der Waals surface area contributed by atoms with E-state index in [2.05, 4.69) is 43.9 Å². The normalized spacial score (nSPS) is 23.0. The average Bonchev–Trinajstić information content (AvgIpc) is 2.32. The monoisotopic (exact) mass is 248 g/mol. The SMILES string of the molecule is Cc1ccc(C(N)CN2CCOC(C)C2)cc1C. The third kappa shape index (κ3) is 3.31. The Morgan fingerprint density at radius 3 is 2.83 bits per heavy atom. The summed E-state index contributed by atoms with van der Waals surface area (Å²) >= 11 is 0. The molecule has 1 saturated heterocycles. The molecule has 0 spiro atoms. The van der Waals surface area contributed by atoms with Gasteiger partial charge in [-0.15, -0.1) is 0 Å². The molecule has 0 aromatic heterocycles. The fourth-order valence-electron chi connectivity index (χ4n) is 2.44. The molecule has 3 heteroatoms. The minimum atomic E-state index is 0.0922. The van der Waals surface area contributed by atoms with Crippen LogP contribution in [0.5, 0.6) is 0 Å². The number of benzene rings is 1. The predicted octanol–water partition coefficient (Wildman–Crippen LogP) is 2.02. The zero-order valence-electron chi connectivity index (χ0n) is 11.6. The highest BCUT2D eigenvalue weighted by molar-refractivity contribution is 5.31. The summed E-state index contributed by atoms with van der Waals surface area (Å²) in [5, 5.41) is 0. The van der Waals surface area contributed by atoms with E-state index < -0.39 is 0 Å². The van der Waals surface area contributed by atoms with Crippen molar-refractivity contribution in [3.8, 4) is 0 Å². The van der Waals surface area contributed by atoms with Crippen LogP contribution in [-0.4, -0.2) is 37.2 Å². The second-order valence-corrected chi connectivity index (χ2v) is 5.39. The van der Waals surface area contributed by atoms with Gasteiger partial charge in [0.15, 0.2) is 0 Å². The first-order chi connectivity index (χ1) is 8.56. The molecule has 2 unspecified atom stereocenters. The molecule has 1 heterocycles. The van der Waals surface area contributed by atoms with E-state index in [1.54, 1.807) is 0 Å². The molecular weight excluding hydrogens is 224 g/mol. The van der Waals surface area contributed by atoms with E-state index in [0.29, 0.717) is 6.10 Å². The van der Waals surface area contributed by atoms with Gasteiger partial charge in [0.05, 0.1) is 12.7 Å². The molecule has 1 aliphatic rings. The Hall–Kier alpha value is -0.900. The van der Waals surface area contributed by atoms with E-state index in [0.717, 1.165) is 26.2 Å². The first-order valence-electron chi connectivity index (χ1n) is 6.73. The van der Waals surface area contributed by atoms with Crippen LogP contribution in [0.1, 0.15) is 29.7 Å². The highest BCUT2D eigenvalue weighted by Gasteiger charge is 2.19. The van der Waals surface area contributed by atoms with Crippen LogP contribution in [0.15, 0.2) is 18.2 Å². The summed E-state index contributed by atoms with van der Waals surface area (Å²) in [5.41, 5.74) is 10.2. The molecular formula is C15H24N2O. The lowest BCUT2D eigenvalue weighted by molar-refractivity contribution is -0.0199. The number of nitrogens with two attached hydrogens (primary N) is 1. The van der Waals surface area contributed by atoms with Gasteiger partial charge in [0, 0.05) is 25.7 Å². The molecule has 3 nitrogen and oxygen atoms in total. The molecule has 2 atom stereocenters. The fourth-order valence-corrected chi connectivity index (χ4v) is 2.44. The Balaban J connectivity index is 1.98. The van der Waals surface area contributed by atoms with Crippen molar-refractivity contribution in [2.24, 2.45) is 5.73 Å². The Bertz CT molecular complexity index is 405.